The Morgan fingerprint density at radius 1 is 1.41 bits per heavy atom. The smallest absolute Gasteiger partial charge is 0.381 e. The van der Waals surface area contributed by atoms with E-state index in [0.717, 1.165) is 0 Å². The third kappa shape index (κ3) is 3.62. The summed E-state index contributed by atoms with van der Waals surface area (Å²) >= 11 is 0. The van der Waals surface area contributed by atoms with Gasteiger partial charge in [0.05, 0.1) is 0 Å². The van der Waals surface area contributed by atoms with Crippen molar-refractivity contribution in [2.45, 2.75) is 38.6 Å². The molecule has 1 aliphatic rings. The first-order chi connectivity index (χ1) is 7.63. The number of hydrogen-bond donors (Lipinski definition) is 0. The van der Waals surface area contributed by atoms with Crippen LogP contribution in [-0.2, 0) is 14.3 Å². The molecule has 0 aromatic rings. The second kappa shape index (κ2) is 4.88. The molecule has 0 aromatic carbocycles. The zero-order valence-electron chi connectivity index (χ0n) is 9.62. The lowest BCUT2D eigenvalue weighted by atomic mass is 9.85. The SMILES string of the molecule is CC(C)[C@@H]1CC=C(OS(=O)(=O)C(F)(F)F)CC1. The van der Waals surface area contributed by atoms with E-state index in [9.17, 15) is 21.6 Å². The van der Waals surface area contributed by atoms with Crippen LogP contribution in [0.25, 0.3) is 0 Å². The van der Waals surface area contributed by atoms with Crippen molar-refractivity contribution in [3.05, 3.63) is 11.8 Å². The summed E-state index contributed by atoms with van der Waals surface area (Å²) in [6, 6.07) is 0. The first-order valence-corrected chi connectivity index (χ1v) is 6.74. The molecule has 0 spiro atoms. The number of rotatable bonds is 3. The molecule has 17 heavy (non-hydrogen) atoms. The van der Waals surface area contributed by atoms with Gasteiger partial charge >= 0.3 is 15.6 Å². The van der Waals surface area contributed by atoms with Gasteiger partial charge in [0.2, 0.25) is 0 Å². The van der Waals surface area contributed by atoms with E-state index < -0.39 is 15.6 Å². The summed E-state index contributed by atoms with van der Waals surface area (Å²) in [6.45, 7) is 4.05. The molecule has 0 aromatic heterocycles. The van der Waals surface area contributed by atoms with Gasteiger partial charge in [0, 0.05) is 6.42 Å². The van der Waals surface area contributed by atoms with Crippen LogP contribution in [0.3, 0.4) is 0 Å². The molecule has 0 amide bonds. The van der Waals surface area contributed by atoms with Crippen LogP contribution in [0.2, 0.25) is 0 Å². The fourth-order valence-corrected chi connectivity index (χ4v) is 2.23. The van der Waals surface area contributed by atoms with E-state index in [1.807, 2.05) is 13.8 Å². The van der Waals surface area contributed by atoms with Crippen LogP contribution in [0.4, 0.5) is 13.2 Å². The van der Waals surface area contributed by atoms with Crippen molar-refractivity contribution in [1.29, 1.82) is 0 Å². The van der Waals surface area contributed by atoms with Crippen LogP contribution >= 0.6 is 0 Å². The highest BCUT2D eigenvalue weighted by molar-refractivity contribution is 7.87. The number of allylic oxidation sites excluding steroid dienone is 2. The zero-order valence-corrected chi connectivity index (χ0v) is 10.4. The van der Waals surface area contributed by atoms with Crippen molar-refractivity contribution in [2.75, 3.05) is 0 Å². The molecule has 0 N–H and O–H groups in total. The van der Waals surface area contributed by atoms with E-state index >= 15 is 0 Å². The van der Waals surface area contributed by atoms with Crippen LogP contribution < -0.4 is 0 Å². The molecule has 0 saturated heterocycles. The predicted octanol–water partition coefficient (Wildman–Crippen LogP) is 3.19. The molecule has 0 fully saturated rings. The van der Waals surface area contributed by atoms with E-state index in [4.69, 9.17) is 0 Å². The minimum Gasteiger partial charge on any atom is -0.381 e. The highest BCUT2D eigenvalue weighted by Crippen LogP contribution is 2.33. The van der Waals surface area contributed by atoms with Gasteiger partial charge in [-0.1, -0.05) is 13.8 Å². The van der Waals surface area contributed by atoms with Gasteiger partial charge in [0.25, 0.3) is 0 Å². The van der Waals surface area contributed by atoms with E-state index in [-0.39, 0.29) is 12.2 Å². The number of alkyl halides is 3. The summed E-state index contributed by atoms with van der Waals surface area (Å²) in [5.74, 6) is 0.696. The highest BCUT2D eigenvalue weighted by atomic mass is 32.2. The monoisotopic (exact) mass is 272 g/mol. The third-order valence-electron chi connectivity index (χ3n) is 2.85. The molecule has 0 heterocycles. The van der Waals surface area contributed by atoms with Crippen molar-refractivity contribution in [3.8, 4) is 0 Å². The quantitative estimate of drug-likeness (QED) is 0.585. The second-order valence-electron chi connectivity index (χ2n) is 4.43. The molecule has 7 heteroatoms. The fourth-order valence-electron chi connectivity index (χ4n) is 1.70. The Kier molecular flexibility index (Phi) is 4.11. The largest absolute Gasteiger partial charge is 0.534 e. The van der Waals surface area contributed by atoms with Crippen LogP contribution in [-0.4, -0.2) is 13.9 Å². The van der Waals surface area contributed by atoms with Crippen molar-refractivity contribution in [2.24, 2.45) is 11.8 Å². The second-order valence-corrected chi connectivity index (χ2v) is 5.97. The lowest BCUT2D eigenvalue weighted by Gasteiger charge is -2.24. The normalized spacial score (nSPS) is 22.5. The van der Waals surface area contributed by atoms with Gasteiger partial charge in [0.15, 0.2) is 0 Å². The predicted molar refractivity (Wildman–Crippen MR) is 56.3 cm³/mol. The average Bonchev–Trinajstić information content (AvgIpc) is 2.16. The molecule has 3 nitrogen and oxygen atoms in total. The Hall–Kier alpha value is -0.720. The summed E-state index contributed by atoms with van der Waals surface area (Å²) in [5.41, 5.74) is -5.36. The van der Waals surface area contributed by atoms with E-state index in [1.165, 1.54) is 6.08 Å². The lowest BCUT2D eigenvalue weighted by molar-refractivity contribution is -0.0524. The Labute approximate surface area is 98.8 Å². The van der Waals surface area contributed by atoms with Crippen molar-refractivity contribution >= 4 is 10.1 Å². The Morgan fingerprint density at radius 2 is 2.00 bits per heavy atom. The maximum Gasteiger partial charge on any atom is 0.534 e. The summed E-state index contributed by atoms with van der Waals surface area (Å²) in [5, 5.41) is 0. The summed E-state index contributed by atoms with van der Waals surface area (Å²) in [4.78, 5) is 0. The Balaban J connectivity index is 2.68. The van der Waals surface area contributed by atoms with Crippen molar-refractivity contribution in [1.82, 2.24) is 0 Å². The minimum absolute atomic E-state index is 0.0979. The fraction of sp³-hybridized carbons (Fsp3) is 0.800. The molecule has 0 saturated carbocycles. The molecule has 0 bridgehead atoms. The molecular formula is C10H15F3O3S. The van der Waals surface area contributed by atoms with Crippen LogP contribution in [0, 0.1) is 11.8 Å². The minimum atomic E-state index is -5.50. The van der Waals surface area contributed by atoms with E-state index in [1.54, 1.807) is 0 Å². The van der Waals surface area contributed by atoms with Gasteiger partial charge in [-0.15, -0.1) is 0 Å². The summed E-state index contributed by atoms with van der Waals surface area (Å²) in [6.07, 6.45) is 2.88. The van der Waals surface area contributed by atoms with Gasteiger partial charge in [-0.05, 0) is 30.8 Å². The molecule has 1 rings (SSSR count). The van der Waals surface area contributed by atoms with Crippen LogP contribution in [0.1, 0.15) is 33.1 Å². The molecule has 0 unspecified atom stereocenters. The molecular weight excluding hydrogens is 257 g/mol. The first kappa shape index (κ1) is 14.3. The average molecular weight is 272 g/mol. The highest BCUT2D eigenvalue weighted by Gasteiger charge is 2.48. The van der Waals surface area contributed by atoms with Gasteiger partial charge in [0.1, 0.15) is 5.76 Å². The van der Waals surface area contributed by atoms with Gasteiger partial charge in [-0.25, -0.2) is 0 Å². The Morgan fingerprint density at radius 3 is 2.35 bits per heavy atom. The molecule has 100 valence electrons. The zero-order chi connectivity index (χ0) is 13.3. The summed E-state index contributed by atoms with van der Waals surface area (Å²) < 4.78 is 61.7. The topological polar surface area (TPSA) is 43.4 Å². The maximum atomic E-state index is 12.1. The van der Waals surface area contributed by atoms with Gasteiger partial charge in [-0.3, -0.25) is 0 Å². The molecule has 1 aliphatic carbocycles. The Bertz CT molecular complexity index is 396. The first-order valence-electron chi connectivity index (χ1n) is 5.33. The van der Waals surface area contributed by atoms with Crippen molar-refractivity contribution in [3.63, 3.8) is 0 Å². The standard InChI is InChI=1S/C10H15F3O3S/c1-7(2)8-3-5-9(6-4-8)16-17(14,15)10(11,12)13/h5,7-8H,3-4,6H2,1-2H3/t8-/m1/s1. The van der Waals surface area contributed by atoms with Crippen molar-refractivity contribution < 1.29 is 25.8 Å². The third-order valence-corrected chi connectivity index (χ3v) is 3.85. The van der Waals surface area contributed by atoms with Crippen LogP contribution in [0.15, 0.2) is 11.8 Å². The van der Waals surface area contributed by atoms with Gasteiger partial charge in [-0.2, -0.15) is 21.6 Å². The van der Waals surface area contributed by atoms with E-state index in [2.05, 4.69) is 4.18 Å². The molecule has 0 aliphatic heterocycles. The van der Waals surface area contributed by atoms with Gasteiger partial charge < -0.3 is 4.18 Å². The maximum absolute atomic E-state index is 12.1. The number of halogens is 3. The molecule has 1 atom stereocenters. The molecule has 0 radical (unpaired) electrons. The number of hydrogen-bond acceptors (Lipinski definition) is 3. The lowest BCUT2D eigenvalue weighted by Crippen LogP contribution is -2.26. The van der Waals surface area contributed by atoms with E-state index in [0.29, 0.717) is 24.7 Å². The van der Waals surface area contributed by atoms with Crippen LogP contribution in [0.5, 0.6) is 0 Å². The summed E-state index contributed by atoms with van der Waals surface area (Å²) in [7, 11) is -5.50.